The largest absolute Gasteiger partial charge is 0.496 e. The summed E-state index contributed by atoms with van der Waals surface area (Å²) in [5.74, 6) is -0.297. The average Bonchev–Trinajstić information content (AvgIpc) is 2.51. The van der Waals surface area contributed by atoms with Crippen molar-refractivity contribution in [2.75, 3.05) is 26.2 Å². The van der Waals surface area contributed by atoms with E-state index in [9.17, 15) is 10.1 Å². The SMILES string of the molecule is COC(=O)/C=C(/C=C(\C#N)N(C)c1ccccc1)OC. The quantitative estimate of drug-likeness (QED) is 0.270. The lowest BCUT2D eigenvalue weighted by Crippen LogP contribution is -2.15. The minimum atomic E-state index is -0.544. The number of rotatable bonds is 5. The molecule has 0 unspecified atom stereocenters. The fraction of sp³-hybridized carbons (Fsp3) is 0.200. The van der Waals surface area contributed by atoms with Gasteiger partial charge in [-0.15, -0.1) is 0 Å². The molecule has 1 rings (SSSR count). The number of esters is 1. The van der Waals surface area contributed by atoms with Gasteiger partial charge in [-0.2, -0.15) is 5.26 Å². The molecule has 0 aliphatic carbocycles. The van der Waals surface area contributed by atoms with Crippen molar-refractivity contribution in [3.05, 3.63) is 53.9 Å². The second kappa shape index (κ2) is 7.64. The van der Waals surface area contributed by atoms with Crippen LogP contribution in [0.3, 0.4) is 0 Å². The summed E-state index contributed by atoms with van der Waals surface area (Å²) in [6, 6.07) is 11.5. The van der Waals surface area contributed by atoms with E-state index in [0.29, 0.717) is 5.70 Å². The molecule has 0 heterocycles. The maximum Gasteiger partial charge on any atom is 0.334 e. The van der Waals surface area contributed by atoms with E-state index >= 15 is 0 Å². The fourth-order valence-electron chi connectivity index (χ4n) is 1.46. The Bertz CT molecular complexity index is 556. The predicted octanol–water partition coefficient (Wildman–Crippen LogP) is 2.23. The monoisotopic (exact) mass is 272 g/mol. The first-order valence-corrected chi connectivity index (χ1v) is 5.86. The molecule has 5 nitrogen and oxygen atoms in total. The molecule has 1 aromatic carbocycles. The van der Waals surface area contributed by atoms with Gasteiger partial charge in [-0.1, -0.05) is 18.2 Å². The number of anilines is 1. The van der Waals surface area contributed by atoms with Gasteiger partial charge in [-0.05, 0) is 12.1 Å². The maximum absolute atomic E-state index is 11.2. The zero-order chi connectivity index (χ0) is 15.0. The van der Waals surface area contributed by atoms with Gasteiger partial charge in [0.1, 0.15) is 17.5 Å². The van der Waals surface area contributed by atoms with Crippen LogP contribution in [0.4, 0.5) is 5.69 Å². The third-order valence-electron chi connectivity index (χ3n) is 2.60. The molecule has 0 bridgehead atoms. The van der Waals surface area contributed by atoms with Crippen molar-refractivity contribution in [2.45, 2.75) is 0 Å². The van der Waals surface area contributed by atoms with Gasteiger partial charge in [0.25, 0.3) is 0 Å². The molecule has 0 aliphatic rings. The number of hydrogen-bond acceptors (Lipinski definition) is 5. The van der Waals surface area contributed by atoms with Gasteiger partial charge >= 0.3 is 5.97 Å². The summed E-state index contributed by atoms with van der Waals surface area (Å²) in [4.78, 5) is 12.9. The Morgan fingerprint density at radius 2 is 1.85 bits per heavy atom. The summed E-state index contributed by atoms with van der Waals surface area (Å²) in [5, 5.41) is 9.23. The maximum atomic E-state index is 11.2. The highest BCUT2D eigenvalue weighted by Gasteiger charge is 2.08. The highest BCUT2D eigenvalue weighted by atomic mass is 16.5. The van der Waals surface area contributed by atoms with Crippen molar-refractivity contribution in [3.63, 3.8) is 0 Å². The molecule has 104 valence electrons. The van der Waals surface area contributed by atoms with Gasteiger partial charge in [-0.25, -0.2) is 4.79 Å². The third-order valence-corrected chi connectivity index (χ3v) is 2.60. The molecule has 0 atom stereocenters. The number of ether oxygens (including phenoxy) is 2. The Hall–Kier alpha value is -2.74. The Morgan fingerprint density at radius 1 is 1.20 bits per heavy atom. The summed E-state index contributed by atoms with van der Waals surface area (Å²) < 4.78 is 9.57. The molecule has 20 heavy (non-hydrogen) atoms. The highest BCUT2D eigenvalue weighted by Crippen LogP contribution is 2.17. The van der Waals surface area contributed by atoms with Gasteiger partial charge in [0, 0.05) is 18.8 Å². The topological polar surface area (TPSA) is 62.6 Å². The van der Waals surface area contributed by atoms with E-state index in [1.807, 2.05) is 30.3 Å². The van der Waals surface area contributed by atoms with Gasteiger partial charge < -0.3 is 14.4 Å². The lowest BCUT2D eigenvalue weighted by molar-refractivity contribution is -0.135. The van der Waals surface area contributed by atoms with E-state index in [2.05, 4.69) is 10.8 Å². The number of carbonyl (C=O) groups is 1. The number of allylic oxidation sites excluding steroid dienone is 2. The summed E-state index contributed by atoms with van der Waals surface area (Å²) >= 11 is 0. The Kier molecular flexibility index (Phi) is 5.85. The first kappa shape index (κ1) is 15.3. The van der Waals surface area contributed by atoms with Crippen LogP contribution in [0.25, 0.3) is 0 Å². The van der Waals surface area contributed by atoms with Crippen LogP contribution in [-0.4, -0.2) is 27.2 Å². The van der Waals surface area contributed by atoms with E-state index in [-0.39, 0.29) is 5.76 Å². The predicted molar refractivity (Wildman–Crippen MR) is 75.6 cm³/mol. The first-order valence-electron chi connectivity index (χ1n) is 5.86. The van der Waals surface area contributed by atoms with Crippen LogP contribution >= 0.6 is 0 Å². The molecular formula is C15H16N2O3. The standard InChI is InChI=1S/C15H16N2O3/c1-17(12-7-5-4-6-8-12)13(11-16)9-14(19-2)10-15(18)20-3/h4-10H,1-3H3/b13-9+,14-10-. The smallest absolute Gasteiger partial charge is 0.334 e. The van der Waals surface area contributed by atoms with E-state index in [1.54, 1.807) is 11.9 Å². The number of benzene rings is 1. The van der Waals surface area contributed by atoms with Crippen molar-refractivity contribution in [1.82, 2.24) is 0 Å². The van der Waals surface area contributed by atoms with Gasteiger partial charge in [0.05, 0.1) is 20.3 Å². The summed E-state index contributed by atoms with van der Waals surface area (Å²) in [6.45, 7) is 0. The van der Waals surface area contributed by atoms with Crippen LogP contribution in [0.15, 0.2) is 53.9 Å². The zero-order valence-electron chi connectivity index (χ0n) is 11.7. The molecule has 0 amide bonds. The minimum Gasteiger partial charge on any atom is -0.496 e. The lowest BCUT2D eigenvalue weighted by atomic mass is 10.2. The fourth-order valence-corrected chi connectivity index (χ4v) is 1.46. The van der Waals surface area contributed by atoms with Crippen LogP contribution in [0, 0.1) is 11.3 Å². The van der Waals surface area contributed by atoms with E-state index in [4.69, 9.17) is 4.74 Å². The van der Waals surface area contributed by atoms with Crippen molar-refractivity contribution in [3.8, 4) is 6.07 Å². The molecule has 0 fully saturated rings. The normalized spacial score (nSPS) is 11.5. The summed E-state index contributed by atoms with van der Waals surface area (Å²) in [7, 11) is 4.45. The van der Waals surface area contributed by atoms with E-state index in [0.717, 1.165) is 5.69 Å². The molecule has 0 saturated heterocycles. The molecule has 0 aliphatic heterocycles. The molecule has 0 spiro atoms. The van der Waals surface area contributed by atoms with Crippen molar-refractivity contribution in [1.29, 1.82) is 5.26 Å². The summed E-state index contributed by atoms with van der Waals surface area (Å²) in [6.07, 6.45) is 2.65. The number of carbonyl (C=O) groups excluding carboxylic acids is 1. The van der Waals surface area contributed by atoms with E-state index in [1.165, 1.54) is 26.4 Å². The molecule has 5 heteroatoms. The molecule has 0 aromatic heterocycles. The zero-order valence-corrected chi connectivity index (χ0v) is 11.7. The number of methoxy groups -OCH3 is 2. The molecule has 0 N–H and O–H groups in total. The van der Waals surface area contributed by atoms with Crippen LogP contribution in [0.2, 0.25) is 0 Å². The number of nitrogens with zero attached hydrogens (tertiary/aromatic N) is 2. The van der Waals surface area contributed by atoms with Gasteiger partial charge in [0.15, 0.2) is 0 Å². The minimum absolute atomic E-state index is 0.246. The second-order valence-corrected chi connectivity index (χ2v) is 3.81. The molecule has 0 saturated carbocycles. The first-order chi connectivity index (χ1) is 9.62. The number of para-hydroxylation sites is 1. The second-order valence-electron chi connectivity index (χ2n) is 3.81. The Labute approximate surface area is 118 Å². The van der Waals surface area contributed by atoms with Crippen molar-refractivity contribution >= 4 is 11.7 Å². The Morgan fingerprint density at radius 3 is 2.35 bits per heavy atom. The molecular weight excluding hydrogens is 256 g/mol. The average molecular weight is 272 g/mol. The van der Waals surface area contributed by atoms with Gasteiger partial charge in [0.2, 0.25) is 0 Å². The Balaban J connectivity index is 3.06. The third kappa shape index (κ3) is 4.18. The summed E-state index contributed by atoms with van der Waals surface area (Å²) in [5.41, 5.74) is 1.20. The lowest BCUT2D eigenvalue weighted by Gasteiger charge is -2.18. The number of nitriles is 1. The number of hydrogen-bond donors (Lipinski definition) is 0. The van der Waals surface area contributed by atoms with Crippen LogP contribution in [0.1, 0.15) is 0 Å². The van der Waals surface area contributed by atoms with Crippen LogP contribution < -0.4 is 4.90 Å². The molecule has 0 radical (unpaired) electrons. The van der Waals surface area contributed by atoms with Gasteiger partial charge in [-0.3, -0.25) is 0 Å². The van der Waals surface area contributed by atoms with Crippen molar-refractivity contribution in [2.24, 2.45) is 0 Å². The van der Waals surface area contributed by atoms with Crippen LogP contribution in [0.5, 0.6) is 0 Å². The highest BCUT2D eigenvalue weighted by molar-refractivity contribution is 5.82. The van der Waals surface area contributed by atoms with E-state index < -0.39 is 5.97 Å². The molecule has 1 aromatic rings. The van der Waals surface area contributed by atoms with Crippen LogP contribution in [-0.2, 0) is 14.3 Å². The van der Waals surface area contributed by atoms with Crippen molar-refractivity contribution < 1.29 is 14.3 Å².